The van der Waals surface area contributed by atoms with E-state index in [1.54, 1.807) is 6.20 Å². The van der Waals surface area contributed by atoms with E-state index in [4.69, 9.17) is 4.42 Å². The van der Waals surface area contributed by atoms with E-state index >= 15 is 0 Å². The summed E-state index contributed by atoms with van der Waals surface area (Å²) in [7, 11) is 0. The van der Waals surface area contributed by atoms with E-state index in [1.807, 2.05) is 25.1 Å². The molecule has 0 spiro atoms. The molecule has 0 aliphatic carbocycles. The van der Waals surface area contributed by atoms with Crippen molar-refractivity contribution in [2.24, 2.45) is 0 Å². The molecule has 1 aromatic heterocycles. The van der Waals surface area contributed by atoms with Crippen LogP contribution < -0.4 is 5.32 Å². The fourth-order valence-corrected chi connectivity index (χ4v) is 2.29. The molecule has 1 unspecified atom stereocenters. The number of hydrogen-bond acceptors (Lipinski definition) is 3. The van der Waals surface area contributed by atoms with Gasteiger partial charge < -0.3 is 9.73 Å². The molecular formula is C13H15BrN2O. The third-order valence-electron chi connectivity index (χ3n) is 2.60. The zero-order valence-electron chi connectivity index (χ0n) is 9.90. The molecule has 1 heterocycles. The van der Waals surface area contributed by atoms with E-state index in [9.17, 15) is 0 Å². The quantitative estimate of drug-likeness (QED) is 0.936. The van der Waals surface area contributed by atoms with Crippen LogP contribution in [0.25, 0.3) is 0 Å². The van der Waals surface area contributed by atoms with Gasteiger partial charge in [-0.2, -0.15) is 0 Å². The van der Waals surface area contributed by atoms with E-state index in [0.717, 1.165) is 16.1 Å². The summed E-state index contributed by atoms with van der Waals surface area (Å²) in [5.41, 5.74) is 1.23. The van der Waals surface area contributed by atoms with Crippen molar-refractivity contribution in [1.82, 2.24) is 10.3 Å². The Morgan fingerprint density at radius 1 is 1.41 bits per heavy atom. The summed E-state index contributed by atoms with van der Waals surface area (Å²) in [6.07, 6.45) is 1.74. The fourth-order valence-electron chi connectivity index (χ4n) is 1.66. The maximum atomic E-state index is 5.41. The summed E-state index contributed by atoms with van der Waals surface area (Å²) in [5.74, 6) is 1.57. The highest BCUT2D eigenvalue weighted by Gasteiger charge is 2.09. The average molecular weight is 295 g/mol. The van der Waals surface area contributed by atoms with Gasteiger partial charge in [0.25, 0.3) is 0 Å². The standard InChI is InChI=1S/C13H15BrN2O/c1-9-7-16-13(17-9)8-15-10(2)11-5-3-4-6-12(11)14/h3-7,10,15H,8H2,1-2H3. The third kappa shape index (κ3) is 3.17. The van der Waals surface area contributed by atoms with Crippen molar-refractivity contribution in [3.63, 3.8) is 0 Å². The minimum Gasteiger partial charge on any atom is -0.445 e. The van der Waals surface area contributed by atoms with Crippen LogP contribution >= 0.6 is 15.9 Å². The zero-order chi connectivity index (χ0) is 12.3. The number of aryl methyl sites for hydroxylation is 1. The van der Waals surface area contributed by atoms with Gasteiger partial charge in [0.2, 0.25) is 5.89 Å². The SMILES string of the molecule is Cc1cnc(CNC(C)c2ccccc2Br)o1. The van der Waals surface area contributed by atoms with Crippen molar-refractivity contribution in [2.75, 3.05) is 0 Å². The Balaban J connectivity index is 1.98. The summed E-state index contributed by atoms with van der Waals surface area (Å²) in [4.78, 5) is 4.16. The minimum atomic E-state index is 0.248. The molecule has 2 aromatic rings. The molecule has 0 aliphatic heterocycles. The lowest BCUT2D eigenvalue weighted by Gasteiger charge is -2.14. The molecule has 4 heteroatoms. The van der Waals surface area contributed by atoms with Crippen LogP contribution in [0.2, 0.25) is 0 Å². The number of nitrogens with one attached hydrogen (secondary N) is 1. The predicted octanol–water partition coefficient (Wildman–Crippen LogP) is 3.60. The highest BCUT2D eigenvalue weighted by Crippen LogP contribution is 2.22. The largest absolute Gasteiger partial charge is 0.445 e. The van der Waals surface area contributed by atoms with Crippen LogP contribution in [0.4, 0.5) is 0 Å². The van der Waals surface area contributed by atoms with Crippen LogP contribution in [-0.4, -0.2) is 4.98 Å². The first-order valence-electron chi connectivity index (χ1n) is 5.56. The van der Waals surface area contributed by atoms with Crippen molar-refractivity contribution >= 4 is 15.9 Å². The molecule has 2 rings (SSSR count). The summed E-state index contributed by atoms with van der Waals surface area (Å²) in [6, 6.07) is 8.44. The van der Waals surface area contributed by atoms with Crippen LogP contribution in [0.15, 0.2) is 39.4 Å². The first-order chi connectivity index (χ1) is 8.16. The molecule has 0 fully saturated rings. The van der Waals surface area contributed by atoms with Gasteiger partial charge in [-0.15, -0.1) is 0 Å². The van der Waals surface area contributed by atoms with Gasteiger partial charge in [-0.05, 0) is 25.5 Å². The van der Waals surface area contributed by atoms with Crippen molar-refractivity contribution in [3.8, 4) is 0 Å². The van der Waals surface area contributed by atoms with Gasteiger partial charge >= 0.3 is 0 Å². The second-order valence-electron chi connectivity index (χ2n) is 3.99. The summed E-state index contributed by atoms with van der Waals surface area (Å²) in [5, 5.41) is 3.38. The van der Waals surface area contributed by atoms with E-state index in [1.165, 1.54) is 5.56 Å². The molecule has 0 radical (unpaired) electrons. The molecule has 1 atom stereocenters. The number of halogens is 1. The topological polar surface area (TPSA) is 38.1 Å². The zero-order valence-corrected chi connectivity index (χ0v) is 11.5. The second-order valence-corrected chi connectivity index (χ2v) is 4.84. The molecule has 0 amide bonds. The molecule has 90 valence electrons. The molecule has 0 bridgehead atoms. The van der Waals surface area contributed by atoms with E-state index in [-0.39, 0.29) is 6.04 Å². The lowest BCUT2D eigenvalue weighted by Crippen LogP contribution is -2.18. The Labute approximate surface area is 109 Å². The predicted molar refractivity (Wildman–Crippen MR) is 70.6 cm³/mol. The van der Waals surface area contributed by atoms with Gasteiger partial charge in [0, 0.05) is 10.5 Å². The van der Waals surface area contributed by atoms with Crippen LogP contribution in [0, 0.1) is 6.92 Å². The van der Waals surface area contributed by atoms with Crippen LogP contribution in [0.1, 0.15) is 30.2 Å². The molecule has 1 N–H and O–H groups in total. The Hall–Kier alpha value is -1.13. The molecule has 0 saturated heterocycles. The summed E-state index contributed by atoms with van der Waals surface area (Å²) in [6.45, 7) is 4.65. The van der Waals surface area contributed by atoms with Crippen molar-refractivity contribution in [3.05, 3.63) is 52.1 Å². The Morgan fingerprint density at radius 3 is 2.82 bits per heavy atom. The number of nitrogens with zero attached hydrogens (tertiary/aromatic N) is 1. The third-order valence-corrected chi connectivity index (χ3v) is 3.32. The maximum Gasteiger partial charge on any atom is 0.208 e. The van der Waals surface area contributed by atoms with Crippen molar-refractivity contribution in [1.29, 1.82) is 0 Å². The van der Waals surface area contributed by atoms with Crippen LogP contribution in [0.3, 0.4) is 0 Å². The van der Waals surface area contributed by atoms with Gasteiger partial charge in [-0.3, -0.25) is 0 Å². The van der Waals surface area contributed by atoms with E-state index < -0.39 is 0 Å². The number of hydrogen-bond donors (Lipinski definition) is 1. The second kappa shape index (κ2) is 5.47. The van der Waals surface area contributed by atoms with E-state index in [2.05, 4.69) is 39.2 Å². The Kier molecular flexibility index (Phi) is 3.97. The highest BCUT2D eigenvalue weighted by atomic mass is 79.9. The molecule has 0 aliphatic rings. The number of rotatable bonds is 4. The first kappa shape index (κ1) is 12.3. The number of benzene rings is 1. The van der Waals surface area contributed by atoms with Gasteiger partial charge in [0.15, 0.2) is 0 Å². The number of aromatic nitrogens is 1. The minimum absolute atomic E-state index is 0.248. The molecular weight excluding hydrogens is 280 g/mol. The monoisotopic (exact) mass is 294 g/mol. The smallest absolute Gasteiger partial charge is 0.208 e. The van der Waals surface area contributed by atoms with Gasteiger partial charge in [-0.25, -0.2) is 4.98 Å². The van der Waals surface area contributed by atoms with Crippen molar-refractivity contribution < 1.29 is 4.42 Å². The first-order valence-corrected chi connectivity index (χ1v) is 6.35. The van der Waals surface area contributed by atoms with Gasteiger partial charge in [-0.1, -0.05) is 34.1 Å². The Bertz CT molecular complexity index is 496. The van der Waals surface area contributed by atoms with Gasteiger partial charge in [0.1, 0.15) is 5.76 Å². The molecule has 17 heavy (non-hydrogen) atoms. The number of oxazole rings is 1. The fraction of sp³-hybridized carbons (Fsp3) is 0.308. The lowest BCUT2D eigenvalue weighted by atomic mass is 10.1. The summed E-state index contributed by atoms with van der Waals surface area (Å²) < 4.78 is 6.53. The normalized spacial score (nSPS) is 12.6. The van der Waals surface area contributed by atoms with E-state index in [0.29, 0.717) is 6.54 Å². The van der Waals surface area contributed by atoms with Crippen molar-refractivity contribution in [2.45, 2.75) is 26.4 Å². The highest BCUT2D eigenvalue weighted by molar-refractivity contribution is 9.10. The lowest BCUT2D eigenvalue weighted by molar-refractivity contribution is 0.432. The molecule has 0 saturated carbocycles. The molecule has 1 aromatic carbocycles. The van der Waals surface area contributed by atoms with Crippen LogP contribution in [-0.2, 0) is 6.54 Å². The molecule has 3 nitrogen and oxygen atoms in total. The maximum absolute atomic E-state index is 5.41. The van der Waals surface area contributed by atoms with Gasteiger partial charge in [0.05, 0.1) is 12.7 Å². The average Bonchev–Trinajstić information content (AvgIpc) is 2.73. The summed E-state index contributed by atoms with van der Waals surface area (Å²) >= 11 is 3.55. The van der Waals surface area contributed by atoms with Crippen LogP contribution in [0.5, 0.6) is 0 Å². The Morgan fingerprint density at radius 2 is 2.18 bits per heavy atom.